The Hall–Kier alpha value is -2.29. The third-order valence-corrected chi connectivity index (χ3v) is 3.61. The summed E-state index contributed by atoms with van der Waals surface area (Å²) in [5, 5.41) is 2.95. The lowest BCUT2D eigenvalue weighted by atomic mass is 10.1. The van der Waals surface area contributed by atoms with Gasteiger partial charge in [0.1, 0.15) is 5.75 Å². The predicted molar refractivity (Wildman–Crippen MR) is 83.7 cm³/mol. The van der Waals surface area contributed by atoms with Crippen LogP contribution in [0, 0.1) is 6.92 Å². The van der Waals surface area contributed by atoms with Gasteiger partial charge in [0.2, 0.25) is 0 Å². The molecular formula is C18H19NO2. The van der Waals surface area contributed by atoms with Crippen LogP contribution in [0.25, 0.3) is 0 Å². The molecule has 1 N–H and O–H groups in total. The van der Waals surface area contributed by atoms with E-state index < -0.39 is 0 Å². The summed E-state index contributed by atoms with van der Waals surface area (Å²) in [5.74, 6) is 1.21. The second-order valence-corrected chi connectivity index (χ2v) is 5.51. The lowest BCUT2D eigenvalue weighted by Crippen LogP contribution is -2.20. The van der Waals surface area contributed by atoms with Gasteiger partial charge in [-0.1, -0.05) is 30.3 Å². The first-order valence-electron chi connectivity index (χ1n) is 7.30. The predicted octanol–water partition coefficient (Wildman–Crippen LogP) is 3.89. The molecule has 108 valence electrons. The van der Waals surface area contributed by atoms with E-state index in [1.165, 1.54) is 18.4 Å². The minimum atomic E-state index is -0.121. The molecule has 3 heteroatoms. The zero-order valence-electron chi connectivity index (χ0n) is 12.1. The molecule has 3 nitrogen and oxygen atoms in total. The van der Waals surface area contributed by atoms with Gasteiger partial charge >= 0.3 is 0 Å². The molecule has 0 radical (unpaired) electrons. The molecule has 0 heterocycles. The van der Waals surface area contributed by atoms with E-state index >= 15 is 0 Å². The second kappa shape index (κ2) is 6.00. The fraction of sp³-hybridized carbons (Fsp3) is 0.278. The van der Waals surface area contributed by atoms with Crippen LogP contribution in [0.3, 0.4) is 0 Å². The van der Waals surface area contributed by atoms with Crippen LogP contribution >= 0.6 is 0 Å². The molecule has 0 bridgehead atoms. The van der Waals surface area contributed by atoms with E-state index in [0.717, 1.165) is 17.0 Å². The Kier molecular flexibility index (Phi) is 3.91. The first-order chi connectivity index (χ1) is 10.2. The van der Waals surface area contributed by atoms with Gasteiger partial charge in [-0.15, -0.1) is 0 Å². The Bertz CT molecular complexity index is 647. The average Bonchev–Trinajstić information content (AvgIpc) is 3.30. The molecule has 1 fully saturated rings. The second-order valence-electron chi connectivity index (χ2n) is 5.51. The van der Waals surface area contributed by atoms with Gasteiger partial charge in [0.25, 0.3) is 5.91 Å². The van der Waals surface area contributed by atoms with Crippen molar-refractivity contribution in [2.75, 3.05) is 11.9 Å². The Morgan fingerprint density at radius 3 is 2.76 bits per heavy atom. The molecule has 0 unspecified atom stereocenters. The summed E-state index contributed by atoms with van der Waals surface area (Å²) in [6.45, 7) is 2.03. The Labute approximate surface area is 124 Å². The molecule has 0 spiro atoms. The maximum absolute atomic E-state index is 12.0. The molecule has 0 aliphatic heterocycles. The third-order valence-electron chi connectivity index (χ3n) is 3.61. The largest absolute Gasteiger partial charge is 0.484 e. The maximum Gasteiger partial charge on any atom is 0.262 e. The zero-order chi connectivity index (χ0) is 14.7. The van der Waals surface area contributed by atoms with Crippen molar-refractivity contribution in [2.24, 2.45) is 0 Å². The summed E-state index contributed by atoms with van der Waals surface area (Å²) in [5.41, 5.74) is 3.27. The topological polar surface area (TPSA) is 38.3 Å². The minimum absolute atomic E-state index is 0.0302. The van der Waals surface area contributed by atoms with Crippen LogP contribution < -0.4 is 10.1 Å². The summed E-state index contributed by atoms with van der Waals surface area (Å²) >= 11 is 0. The fourth-order valence-electron chi connectivity index (χ4n) is 2.40. The number of amides is 1. The molecule has 0 saturated heterocycles. The first kappa shape index (κ1) is 13.7. The van der Waals surface area contributed by atoms with Crippen LogP contribution in [0.1, 0.15) is 29.9 Å². The highest BCUT2D eigenvalue weighted by Crippen LogP contribution is 2.43. The quantitative estimate of drug-likeness (QED) is 0.903. The van der Waals surface area contributed by atoms with E-state index in [9.17, 15) is 4.79 Å². The number of hydrogen-bond acceptors (Lipinski definition) is 2. The smallest absolute Gasteiger partial charge is 0.262 e. The number of carbonyl (C=O) groups excluding carboxylic acids is 1. The van der Waals surface area contributed by atoms with Gasteiger partial charge in [-0.05, 0) is 55.0 Å². The normalized spacial score (nSPS) is 13.8. The van der Waals surface area contributed by atoms with Crippen molar-refractivity contribution in [3.8, 4) is 5.75 Å². The Morgan fingerprint density at radius 1 is 1.19 bits per heavy atom. The minimum Gasteiger partial charge on any atom is -0.484 e. The molecule has 2 aromatic carbocycles. The van der Waals surface area contributed by atoms with Crippen molar-refractivity contribution in [1.29, 1.82) is 0 Å². The number of ether oxygens (including phenoxy) is 1. The number of carbonyl (C=O) groups is 1. The lowest BCUT2D eigenvalue weighted by molar-refractivity contribution is -0.118. The van der Waals surface area contributed by atoms with Crippen LogP contribution in [0.5, 0.6) is 5.75 Å². The number of nitrogens with one attached hydrogen (secondary N) is 1. The number of hydrogen-bond donors (Lipinski definition) is 1. The van der Waals surface area contributed by atoms with Crippen LogP contribution in [-0.4, -0.2) is 12.5 Å². The van der Waals surface area contributed by atoms with Crippen molar-refractivity contribution < 1.29 is 9.53 Å². The summed E-state index contributed by atoms with van der Waals surface area (Å²) < 4.78 is 5.52. The van der Waals surface area contributed by atoms with E-state index in [1.54, 1.807) is 0 Å². The fourth-order valence-corrected chi connectivity index (χ4v) is 2.40. The van der Waals surface area contributed by atoms with Gasteiger partial charge < -0.3 is 10.1 Å². The van der Waals surface area contributed by atoms with Crippen molar-refractivity contribution in [3.05, 3.63) is 59.7 Å². The molecular weight excluding hydrogens is 262 g/mol. The van der Waals surface area contributed by atoms with E-state index in [0.29, 0.717) is 5.92 Å². The number of aryl methyl sites for hydroxylation is 1. The zero-order valence-corrected chi connectivity index (χ0v) is 12.1. The van der Waals surface area contributed by atoms with Gasteiger partial charge in [0.05, 0.1) is 0 Å². The van der Waals surface area contributed by atoms with Crippen molar-refractivity contribution >= 4 is 11.6 Å². The summed E-state index contributed by atoms with van der Waals surface area (Å²) in [7, 11) is 0. The van der Waals surface area contributed by atoms with Crippen LogP contribution in [-0.2, 0) is 4.79 Å². The molecule has 1 aliphatic carbocycles. The van der Waals surface area contributed by atoms with E-state index in [-0.39, 0.29) is 12.5 Å². The highest BCUT2D eigenvalue weighted by Gasteiger charge is 2.26. The number of para-hydroxylation sites is 1. The molecule has 0 atom stereocenters. The van der Waals surface area contributed by atoms with Gasteiger partial charge in [0, 0.05) is 5.69 Å². The first-order valence-corrected chi connectivity index (χ1v) is 7.30. The molecule has 1 saturated carbocycles. The summed E-state index contributed by atoms with van der Waals surface area (Å²) in [6, 6.07) is 15.7. The van der Waals surface area contributed by atoms with Crippen LogP contribution in [0.4, 0.5) is 5.69 Å². The molecule has 3 rings (SSSR count). The Balaban J connectivity index is 1.59. The van der Waals surface area contributed by atoms with Gasteiger partial charge in [-0.2, -0.15) is 0 Å². The summed E-state index contributed by atoms with van der Waals surface area (Å²) in [6.07, 6.45) is 2.43. The molecule has 21 heavy (non-hydrogen) atoms. The Morgan fingerprint density at radius 2 is 2.00 bits per heavy atom. The SMILES string of the molecule is Cc1cccc(OCC(=O)Nc2ccccc2C2CC2)c1. The molecule has 2 aromatic rings. The van der Waals surface area contributed by atoms with Gasteiger partial charge in [-0.3, -0.25) is 4.79 Å². The van der Waals surface area contributed by atoms with Crippen molar-refractivity contribution in [3.63, 3.8) is 0 Å². The van der Waals surface area contributed by atoms with Crippen LogP contribution in [0.15, 0.2) is 48.5 Å². The number of anilines is 1. The molecule has 1 aliphatic rings. The molecule has 1 amide bonds. The number of rotatable bonds is 5. The lowest BCUT2D eigenvalue weighted by Gasteiger charge is -2.11. The highest BCUT2D eigenvalue weighted by molar-refractivity contribution is 5.92. The van der Waals surface area contributed by atoms with Crippen molar-refractivity contribution in [2.45, 2.75) is 25.7 Å². The van der Waals surface area contributed by atoms with E-state index in [2.05, 4.69) is 11.4 Å². The average molecular weight is 281 g/mol. The number of benzene rings is 2. The van der Waals surface area contributed by atoms with Crippen molar-refractivity contribution in [1.82, 2.24) is 0 Å². The molecule has 0 aromatic heterocycles. The van der Waals surface area contributed by atoms with E-state index in [1.807, 2.05) is 49.4 Å². The van der Waals surface area contributed by atoms with Gasteiger partial charge in [-0.25, -0.2) is 0 Å². The highest BCUT2D eigenvalue weighted by atomic mass is 16.5. The standard InChI is InChI=1S/C18H19NO2/c1-13-5-4-6-15(11-13)21-12-18(20)19-17-8-3-2-7-16(17)14-9-10-14/h2-8,11,14H,9-10,12H2,1H3,(H,19,20). The maximum atomic E-state index is 12.0. The monoisotopic (exact) mass is 281 g/mol. The summed E-state index contributed by atoms with van der Waals surface area (Å²) in [4.78, 5) is 12.0. The third kappa shape index (κ3) is 3.63. The van der Waals surface area contributed by atoms with E-state index in [4.69, 9.17) is 4.74 Å². The van der Waals surface area contributed by atoms with Gasteiger partial charge in [0.15, 0.2) is 6.61 Å². The van der Waals surface area contributed by atoms with Crippen LogP contribution in [0.2, 0.25) is 0 Å².